The van der Waals surface area contributed by atoms with Gasteiger partial charge in [-0.05, 0) is 32.1 Å². The minimum absolute atomic E-state index is 0.0118. The Kier molecular flexibility index (Phi) is 4.20. The molecular formula is C13H24N2O3S. The van der Waals surface area contributed by atoms with Crippen LogP contribution in [-0.2, 0) is 14.6 Å². The number of sulfone groups is 1. The van der Waals surface area contributed by atoms with Crippen molar-refractivity contribution in [3.63, 3.8) is 0 Å². The summed E-state index contributed by atoms with van der Waals surface area (Å²) in [5.41, 5.74) is 5.69. The van der Waals surface area contributed by atoms with Crippen LogP contribution >= 0.6 is 0 Å². The standard InChI is InChI=1S/C13H24N2O3S/c1-19(17,18)9-13(5-6-13)8-15-12(16)10-3-2-4-11(14)7-10/h10-11H,2-9,14H2,1H3,(H,15,16). The van der Waals surface area contributed by atoms with E-state index in [2.05, 4.69) is 5.32 Å². The maximum atomic E-state index is 12.1. The summed E-state index contributed by atoms with van der Waals surface area (Å²) in [5.74, 6) is 0.248. The third-order valence-electron chi connectivity index (χ3n) is 4.25. The number of nitrogens with one attached hydrogen (secondary N) is 1. The molecule has 1 amide bonds. The largest absolute Gasteiger partial charge is 0.355 e. The molecule has 0 bridgehead atoms. The lowest BCUT2D eigenvalue weighted by Gasteiger charge is -2.26. The Labute approximate surface area is 115 Å². The van der Waals surface area contributed by atoms with Gasteiger partial charge in [-0.3, -0.25) is 4.79 Å². The second kappa shape index (κ2) is 5.40. The molecular weight excluding hydrogens is 264 g/mol. The van der Waals surface area contributed by atoms with E-state index < -0.39 is 9.84 Å². The maximum absolute atomic E-state index is 12.1. The predicted molar refractivity (Wildman–Crippen MR) is 74.3 cm³/mol. The van der Waals surface area contributed by atoms with Crippen LogP contribution < -0.4 is 11.1 Å². The summed E-state index contributed by atoms with van der Waals surface area (Å²) in [6.45, 7) is 0.491. The molecule has 19 heavy (non-hydrogen) atoms. The van der Waals surface area contributed by atoms with E-state index in [4.69, 9.17) is 5.73 Å². The van der Waals surface area contributed by atoms with Gasteiger partial charge in [0.15, 0.2) is 0 Å². The van der Waals surface area contributed by atoms with Crippen molar-refractivity contribution in [3.8, 4) is 0 Å². The first-order chi connectivity index (χ1) is 8.80. The van der Waals surface area contributed by atoms with E-state index in [0.29, 0.717) is 6.54 Å². The number of hydrogen-bond acceptors (Lipinski definition) is 4. The van der Waals surface area contributed by atoms with Crippen LogP contribution in [0.25, 0.3) is 0 Å². The fraction of sp³-hybridized carbons (Fsp3) is 0.923. The van der Waals surface area contributed by atoms with Crippen LogP contribution in [0.5, 0.6) is 0 Å². The molecule has 0 radical (unpaired) electrons. The van der Waals surface area contributed by atoms with Crippen molar-refractivity contribution in [2.45, 2.75) is 44.6 Å². The summed E-state index contributed by atoms with van der Waals surface area (Å²) in [7, 11) is -2.97. The Balaban J connectivity index is 1.80. The fourth-order valence-electron chi connectivity index (χ4n) is 2.99. The Bertz CT molecular complexity index is 443. The van der Waals surface area contributed by atoms with Gasteiger partial charge >= 0.3 is 0 Å². The third kappa shape index (κ3) is 4.45. The Morgan fingerprint density at radius 2 is 2.05 bits per heavy atom. The Morgan fingerprint density at radius 1 is 1.37 bits per heavy atom. The van der Waals surface area contributed by atoms with Gasteiger partial charge in [-0.25, -0.2) is 8.42 Å². The number of carbonyl (C=O) groups excluding carboxylic acids is 1. The molecule has 0 heterocycles. The average molecular weight is 288 g/mol. The molecule has 0 spiro atoms. The minimum atomic E-state index is -2.97. The molecule has 0 aromatic rings. The van der Waals surface area contributed by atoms with Crippen LogP contribution in [0.1, 0.15) is 38.5 Å². The summed E-state index contributed by atoms with van der Waals surface area (Å²) in [6, 6.07) is 0.135. The van der Waals surface area contributed by atoms with Gasteiger partial charge in [-0.1, -0.05) is 6.42 Å². The van der Waals surface area contributed by atoms with Crippen molar-refractivity contribution >= 4 is 15.7 Å². The molecule has 2 saturated carbocycles. The van der Waals surface area contributed by atoms with Crippen molar-refractivity contribution in [2.24, 2.45) is 17.1 Å². The third-order valence-corrected chi connectivity index (χ3v) is 5.39. The van der Waals surface area contributed by atoms with Gasteiger partial charge in [0.1, 0.15) is 9.84 Å². The average Bonchev–Trinajstić information content (AvgIpc) is 3.04. The van der Waals surface area contributed by atoms with Crippen LogP contribution in [0.15, 0.2) is 0 Å². The molecule has 0 aromatic heterocycles. The van der Waals surface area contributed by atoms with Crippen molar-refractivity contribution < 1.29 is 13.2 Å². The predicted octanol–water partition coefficient (Wildman–Crippen LogP) is 0.445. The topological polar surface area (TPSA) is 89.3 Å². The maximum Gasteiger partial charge on any atom is 0.223 e. The van der Waals surface area contributed by atoms with Crippen LogP contribution in [0.4, 0.5) is 0 Å². The summed E-state index contributed by atoms with van der Waals surface area (Å²) in [5, 5.41) is 2.94. The highest BCUT2D eigenvalue weighted by Crippen LogP contribution is 2.46. The molecule has 2 atom stereocenters. The minimum Gasteiger partial charge on any atom is -0.355 e. The van der Waals surface area contributed by atoms with E-state index in [1.165, 1.54) is 6.26 Å². The molecule has 2 aliphatic carbocycles. The molecule has 2 fully saturated rings. The molecule has 2 rings (SSSR count). The Morgan fingerprint density at radius 3 is 2.58 bits per heavy atom. The van der Waals surface area contributed by atoms with Gasteiger partial charge in [0, 0.05) is 30.2 Å². The fourth-order valence-corrected chi connectivity index (χ4v) is 4.49. The number of nitrogens with two attached hydrogens (primary N) is 1. The molecule has 0 saturated heterocycles. The monoisotopic (exact) mass is 288 g/mol. The summed E-state index contributed by atoms with van der Waals surface area (Å²) >= 11 is 0. The van der Waals surface area contributed by atoms with Gasteiger partial charge < -0.3 is 11.1 Å². The highest BCUT2D eigenvalue weighted by molar-refractivity contribution is 7.90. The summed E-state index contributed by atoms with van der Waals surface area (Å²) < 4.78 is 22.7. The lowest BCUT2D eigenvalue weighted by Crippen LogP contribution is -2.40. The van der Waals surface area contributed by atoms with Gasteiger partial charge in [0.25, 0.3) is 0 Å². The molecule has 2 aliphatic rings. The van der Waals surface area contributed by atoms with Crippen molar-refractivity contribution in [3.05, 3.63) is 0 Å². The second-order valence-corrected chi connectivity index (χ2v) is 8.55. The molecule has 6 heteroatoms. The first-order valence-corrected chi connectivity index (χ1v) is 9.07. The van der Waals surface area contributed by atoms with E-state index in [1.807, 2.05) is 0 Å². The quantitative estimate of drug-likeness (QED) is 0.768. The lowest BCUT2D eigenvalue weighted by molar-refractivity contribution is -0.126. The molecule has 5 nitrogen and oxygen atoms in total. The van der Waals surface area contributed by atoms with Crippen molar-refractivity contribution in [1.82, 2.24) is 5.32 Å². The first-order valence-electron chi connectivity index (χ1n) is 7.01. The normalized spacial score (nSPS) is 29.8. The van der Waals surface area contributed by atoms with Crippen molar-refractivity contribution in [1.29, 1.82) is 0 Å². The zero-order valence-electron chi connectivity index (χ0n) is 11.5. The zero-order valence-corrected chi connectivity index (χ0v) is 12.3. The smallest absolute Gasteiger partial charge is 0.223 e. The van der Waals surface area contributed by atoms with Crippen LogP contribution in [0.2, 0.25) is 0 Å². The van der Waals surface area contributed by atoms with E-state index in [0.717, 1.165) is 38.5 Å². The number of carbonyl (C=O) groups is 1. The van der Waals surface area contributed by atoms with Crippen LogP contribution in [0, 0.1) is 11.3 Å². The highest BCUT2D eigenvalue weighted by Gasteiger charge is 2.45. The van der Waals surface area contributed by atoms with Gasteiger partial charge in [0.05, 0.1) is 5.75 Å². The number of rotatable bonds is 5. The van der Waals surface area contributed by atoms with Gasteiger partial charge in [0.2, 0.25) is 5.91 Å². The van der Waals surface area contributed by atoms with E-state index in [1.54, 1.807) is 0 Å². The SMILES string of the molecule is CS(=O)(=O)CC1(CNC(=O)C2CCCC(N)C2)CC1. The Hall–Kier alpha value is -0.620. The van der Waals surface area contributed by atoms with E-state index in [9.17, 15) is 13.2 Å². The highest BCUT2D eigenvalue weighted by atomic mass is 32.2. The van der Waals surface area contributed by atoms with Crippen LogP contribution in [-0.4, -0.2) is 38.9 Å². The van der Waals surface area contributed by atoms with E-state index >= 15 is 0 Å². The second-order valence-electron chi connectivity index (χ2n) is 6.41. The summed E-state index contributed by atoms with van der Waals surface area (Å²) in [4.78, 5) is 12.1. The number of amides is 1. The molecule has 0 aliphatic heterocycles. The molecule has 3 N–H and O–H groups in total. The first kappa shape index (κ1) is 14.8. The zero-order chi connectivity index (χ0) is 14.1. The molecule has 2 unspecified atom stereocenters. The van der Waals surface area contributed by atoms with E-state index in [-0.39, 0.29) is 29.0 Å². The molecule has 110 valence electrons. The van der Waals surface area contributed by atoms with Gasteiger partial charge in [-0.2, -0.15) is 0 Å². The lowest BCUT2D eigenvalue weighted by atomic mass is 9.85. The number of hydrogen-bond donors (Lipinski definition) is 2. The summed E-state index contributed by atoms with van der Waals surface area (Å²) in [6.07, 6.45) is 6.71. The van der Waals surface area contributed by atoms with Crippen LogP contribution in [0.3, 0.4) is 0 Å². The van der Waals surface area contributed by atoms with Gasteiger partial charge in [-0.15, -0.1) is 0 Å². The van der Waals surface area contributed by atoms with Crippen molar-refractivity contribution in [2.75, 3.05) is 18.6 Å². The molecule has 0 aromatic carbocycles.